The summed E-state index contributed by atoms with van der Waals surface area (Å²) in [5.74, 6) is 0. The summed E-state index contributed by atoms with van der Waals surface area (Å²) in [6, 6.07) is 9.44. The molecule has 0 bridgehead atoms. The normalized spacial score (nSPS) is 13.5. The third-order valence-electron chi connectivity index (χ3n) is 2.98. The lowest BCUT2D eigenvalue weighted by Gasteiger charge is -2.11. The van der Waals surface area contributed by atoms with E-state index in [4.69, 9.17) is 0 Å². The van der Waals surface area contributed by atoms with Crippen LogP contribution >= 0.6 is 11.3 Å². The number of benzene rings is 1. The zero-order chi connectivity index (χ0) is 14.0. The average molecular weight is 285 g/mol. The molecule has 102 valence electrons. The summed E-state index contributed by atoms with van der Waals surface area (Å²) in [7, 11) is 1.83. The monoisotopic (exact) mass is 285 g/mol. The number of thiophene rings is 1. The minimum atomic E-state index is -4.32. The van der Waals surface area contributed by atoms with Gasteiger partial charge >= 0.3 is 6.18 Å². The molecule has 5 heteroatoms. The molecule has 1 N–H and O–H groups in total. The Bertz CT molecular complexity index is 560. The highest BCUT2D eigenvalue weighted by Crippen LogP contribution is 2.40. The highest BCUT2D eigenvalue weighted by Gasteiger charge is 2.33. The minimum absolute atomic E-state index is 0.136. The molecule has 0 amide bonds. The van der Waals surface area contributed by atoms with E-state index in [1.807, 2.05) is 20.0 Å². The van der Waals surface area contributed by atoms with Crippen LogP contribution in [0, 0.1) is 0 Å². The molecule has 0 spiro atoms. The number of hydrogen-bond acceptors (Lipinski definition) is 2. The molecule has 0 fully saturated rings. The zero-order valence-electron chi connectivity index (χ0n) is 10.6. The molecule has 0 saturated heterocycles. The van der Waals surface area contributed by atoms with Crippen LogP contribution < -0.4 is 5.32 Å². The summed E-state index contributed by atoms with van der Waals surface area (Å²) in [6.45, 7) is 1.98. The van der Waals surface area contributed by atoms with Gasteiger partial charge in [-0.1, -0.05) is 18.2 Å². The first-order valence-electron chi connectivity index (χ1n) is 5.87. The second-order valence-corrected chi connectivity index (χ2v) is 5.37. The van der Waals surface area contributed by atoms with Crippen molar-refractivity contribution in [2.75, 3.05) is 7.05 Å². The van der Waals surface area contributed by atoms with E-state index in [0.29, 0.717) is 4.88 Å². The molecule has 0 saturated carbocycles. The topological polar surface area (TPSA) is 12.0 Å². The summed E-state index contributed by atoms with van der Waals surface area (Å²) in [5.41, 5.74) is -0.338. The summed E-state index contributed by atoms with van der Waals surface area (Å²) in [6.07, 6.45) is -4.32. The van der Waals surface area contributed by atoms with Crippen molar-refractivity contribution in [2.24, 2.45) is 0 Å². The van der Waals surface area contributed by atoms with Gasteiger partial charge in [-0.05, 0) is 32.2 Å². The van der Waals surface area contributed by atoms with Gasteiger partial charge in [0.05, 0.1) is 5.56 Å². The van der Waals surface area contributed by atoms with Crippen molar-refractivity contribution >= 4 is 11.3 Å². The smallest absolute Gasteiger partial charge is 0.313 e. The number of hydrogen-bond donors (Lipinski definition) is 1. The SMILES string of the molecule is CNC(C)c1ccc(-c2ccccc2C(F)(F)F)s1. The molecule has 2 aromatic rings. The lowest BCUT2D eigenvalue weighted by atomic mass is 10.1. The van der Waals surface area contributed by atoms with E-state index in [1.165, 1.54) is 23.5 Å². The molecular weight excluding hydrogens is 271 g/mol. The fourth-order valence-electron chi connectivity index (χ4n) is 1.82. The molecule has 1 atom stereocenters. The van der Waals surface area contributed by atoms with Crippen LogP contribution in [-0.2, 0) is 6.18 Å². The lowest BCUT2D eigenvalue weighted by Crippen LogP contribution is -2.10. The van der Waals surface area contributed by atoms with Crippen molar-refractivity contribution in [1.82, 2.24) is 5.32 Å². The van der Waals surface area contributed by atoms with Crippen LogP contribution in [0.5, 0.6) is 0 Å². The summed E-state index contributed by atoms with van der Waals surface area (Å²) in [5, 5.41) is 3.08. The van der Waals surface area contributed by atoms with Gasteiger partial charge in [0.25, 0.3) is 0 Å². The van der Waals surface area contributed by atoms with Crippen LogP contribution in [0.4, 0.5) is 13.2 Å². The largest absolute Gasteiger partial charge is 0.417 e. The number of rotatable bonds is 3. The number of alkyl halides is 3. The molecule has 2 rings (SSSR count). The predicted octanol–water partition coefficient (Wildman–Crippen LogP) is 4.71. The highest BCUT2D eigenvalue weighted by atomic mass is 32.1. The minimum Gasteiger partial charge on any atom is -0.313 e. The Labute approximate surface area is 114 Å². The first-order chi connectivity index (χ1) is 8.93. The maximum atomic E-state index is 13.0. The van der Waals surface area contributed by atoms with Gasteiger partial charge in [0.2, 0.25) is 0 Å². The van der Waals surface area contributed by atoms with Gasteiger partial charge in [-0.2, -0.15) is 13.2 Å². The Balaban J connectivity index is 2.45. The molecule has 0 radical (unpaired) electrons. The van der Waals surface area contributed by atoms with E-state index in [2.05, 4.69) is 5.32 Å². The van der Waals surface area contributed by atoms with Gasteiger partial charge in [-0.15, -0.1) is 11.3 Å². The van der Waals surface area contributed by atoms with Gasteiger partial charge in [0, 0.05) is 21.4 Å². The van der Waals surface area contributed by atoms with Crippen LogP contribution in [0.15, 0.2) is 36.4 Å². The van der Waals surface area contributed by atoms with Gasteiger partial charge in [0.15, 0.2) is 0 Å². The third kappa shape index (κ3) is 2.98. The molecule has 0 aliphatic carbocycles. The van der Waals surface area contributed by atoms with Gasteiger partial charge in [-0.3, -0.25) is 0 Å². The Morgan fingerprint density at radius 1 is 1.11 bits per heavy atom. The van der Waals surface area contributed by atoms with Crippen molar-refractivity contribution in [3.05, 3.63) is 46.8 Å². The Kier molecular flexibility index (Phi) is 3.96. The second-order valence-electron chi connectivity index (χ2n) is 4.26. The van der Waals surface area contributed by atoms with E-state index in [9.17, 15) is 13.2 Å². The van der Waals surface area contributed by atoms with Crippen molar-refractivity contribution < 1.29 is 13.2 Å². The standard InChI is InChI=1S/C14H14F3NS/c1-9(18-2)12-7-8-13(19-12)10-5-3-4-6-11(10)14(15,16)17/h3-9,18H,1-2H3. The molecule has 0 aliphatic rings. The van der Waals surface area contributed by atoms with Crippen LogP contribution in [0.25, 0.3) is 10.4 Å². The Hall–Kier alpha value is -1.33. The molecule has 1 aromatic heterocycles. The molecule has 1 heterocycles. The first kappa shape index (κ1) is 14.1. The molecule has 0 aliphatic heterocycles. The Morgan fingerprint density at radius 3 is 2.42 bits per heavy atom. The van der Waals surface area contributed by atoms with Gasteiger partial charge in [-0.25, -0.2) is 0 Å². The summed E-state index contributed by atoms with van der Waals surface area (Å²) >= 11 is 1.39. The van der Waals surface area contributed by atoms with Gasteiger partial charge < -0.3 is 5.32 Å². The number of nitrogens with one attached hydrogen (secondary N) is 1. The Morgan fingerprint density at radius 2 is 1.79 bits per heavy atom. The van der Waals surface area contributed by atoms with Crippen LogP contribution in [0.2, 0.25) is 0 Å². The van der Waals surface area contributed by atoms with Crippen molar-refractivity contribution in [3.63, 3.8) is 0 Å². The highest BCUT2D eigenvalue weighted by molar-refractivity contribution is 7.15. The van der Waals surface area contributed by atoms with E-state index < -0.39 is 11.7 Å². The third-order valence-corrected chi connectivity index (χ3v) is 4.29. The van der Waals surface area contributed by atoms with Crippen molar-refractivity contribution in [2.45, 2.75) is 19.1 Å². The van der Waals surface area contributed by atoms with E-state index in [1.54, 1.807) is 12.1 Å². The van der Waals surface area contributed by atoms with E-state index in [-0.39, 0.29) is 11.6 Å². The quantitative estimate of drug-likeness (QED) is 0.861. The fourth-order valence-corrected chi connectivity index (χ4v) is 2.93. The average Bonchev–Trinajstić information content (AvgIpc) is 2.86. The van der Waals surface area contributed by atoms with Crippen LogP contribution in [0.3, 0.4) is 0 Å². The van der Waals surface area contributed by atoms with Crippen molar-refractivity contribution in [1.29, 1.82) is 0 Å². The fraction of sp³-hybridized carbons (Fsp3) is 0.286. The predicted molar refractivity (Wildman–Crippen MR) is 72.2 cm³/mol. The lowest BCUT2D eigenvalue weighted by molar-refractivity contribution is -0.137. The number of halogens is 3. The maximum Gasteiger partial charge on any atom is 0.417 e. The van der Waals surface area contributed by atoms with E-state index in [0.717, 1.165) is 10.9 Å². The summed E-state index contributed by atoms with van der Waals surface area (Å²) in [4.78, 5) is 1.67. The van der Waals surface area contributed by atoms with Crippen LogP contribution in [-0.4, -0.2) is 7.05 Å². The maximum absolute atomic E-state index is 13.0. The zero-order valence-corrected chi connectivity index (χ0v) is 11.4. The molecular formula is C14H14F3NS. The summed E-state index contributed by atoms with van der Waals surface area (Å²) < 4.78 is 38.9. The molecule has 1 aromatic carbocycles. The molecule has 19 heavy (non-hydrogen) atoms. The van der Waals surface area contributed by atoms with Crippen LogP contribution in [0.1, 0.15) is 23.4 Å². The van der Waals surface area contributed by atoms with Crippen molar-refractivity contribution in [3.8, 4) is 10.4 Å². The molecule has 1 unspecified atom stereocenters. The first-order valence-corrected chi connectivity index (χ1v) is 6.68. The van der Waals surface area contributed by atoms with E-state index >= 15 is 0 Å². The van der Waals surface area contributed by atoms with Gasteiger partial charge in [0.1, 0.15) is 0 Å². The second kappa shape index (κ2) is 5.35. The molecule has 1 nitrogen and oxygen atoms in total.